The van der Waals surface area contributed by atoms with Gasteiger partial charge in [-0.05, 0) is 29.8 Å². The topological polar surface area (TPSA) is 57.0 Å². The lowest BCUT2D eigenvalue weighted by Gasteiger charge is -1.99. The Morgan fingerprint density at radius 3 is 2.94 bits per heavy atom. The van der Waals surface area contributed by atoms with Crippen molar-refractivity contribution < 1.29 is 4.42 Å². The number of fused-ring (bicyclic) bond motifs is 1. The largest absolute Gasteiger partial charge is 0.461 e. The van der Waals surface area contributed by atoms with Crippen LogP contribution in [0, 0.1) is 0 Å². The number of nitrogens with zero attached hydrogens (tertiary/aromatic N) is 2. The summed E-state index contributed by atoms with van der Waals surface area (Å²) in [5.74, 6) is 1.61. The molecular weight excluding hydrogens is 214 g/mol. The van der Waals surface area contributed by atoms with Crippen molar-refractivity contribution in [1.82, 2.24) is 9.55 Å². The predicted octanol–water partition coefficient (Wildman–Crippen LogP) is 2.29. The number of imidazole rings is 1. The Labute approximate surface area is 98.7 Å². The van der Waals surface area contributed by atoms with Gasteiger partial charge in [-0.25, -0.2) is 4.98 Å². The lowest BCUT2D eigenvalue weighted by molar-refractivity contribution is 0.574. The molecular formula is C13H13N3O. The van der Waals surface area contributed by atoms with Crippen LogP contribution < -0.4 is 5.73 Å². The van der Waals surface area contributed by atoms with E-state index in [-0.39, 0.29) is 0 Å². The molecule has 0 saturated heterocycles. The maximum Gasteiger partial charge on any atom is 0.176 e. The number of hydrogen-bond acceptors (Lipinski definition) is 3. The zero-order valence-corrected chi connectivity index (χ0v) is 9.55. The van der Waals surface area contributed by atoms with Crippen LogP contribution in [0.5, 0.6) is 0 Å². The zero-order chi connectivity index (χ0) is 11.8. The molecule has 0 aliphatic rings. The third-order valence-electron chi connectivity index (χ3n) is 2.92. The van der Waals surface area contributed by atoms with Crippen LogP contribution in [-0.2, 0) is 13.6 Å². The van der Waals surface area contributed by atoms with Crippen molar-refractivity contribution in [3.05, 3.63) is 42.2 Å². The Bertz CT molecular complexity index is 653. The van der Waals surface area contributed by atoms with Gasteiger partial charge < -0.3 is 14.7 Å². The average molecular weight is 227 g/mol. The van der Waals surface area contributed by atoms with Crippen molar-refractivity contribution in [1.29, 1.82) is 0 Å². The molecule has 0 radical (unpaired) electrons. The molecule has 3 aromatic rings. The Kier molecular flexibility index (Phi) is 2.23. The molecule has 0 spiro atoms. The fraction of sp³-hybridized carbons (Fsp3) is 0.154. The van der Waals surface area contributed by atoms with E-state index in [9.17, 15) is 0 Å². The molecule has 4 heteroatoms. The van der Waals surface area contributed by atoms with Gasteiger partial charge in [-0.2, -0.15) is 0 Å². The average Bonchev–Trinajstić information content (AvgIpc) is 2.97. The van der Waals surface area contributed by atoms with Crippen molar-refractivity contribution in [2.24, 2.45) is 12.8 Å². The Balaban J connectivity index is 2.24. The summed E-state index contributed by atoms with van der Waals surface area (Å²) >= 11 is 0. The second kappa shape index (κ2) is 3.75. The van der Waals surface area contributed by atoms with Crippen molar-refractivity contribution >= 4 is 11.0 Å². The fourth-order valence-electron chi connectivity index (χ4n) is 2.00. The van der Waals surface area contributed by atoms with E-state index in [1.54, 1.807) is 6.26 Å². The third-order valence-corrected chi connectivity index (χ3v) is 2.92. The predicted molar refractivity (Wildman–Crippen MR) is 66.3 cm³/mol. The highest BCUT2D eigenvalue weighted by Crippen LogP contribution is 2.24. The molecule has 2 heterocycles. The highest BCUT2D eigenvalue weighted by atomic mass is 16.3. The molecule has 17 heavy (non-hydrogen) atoms. The zero-order valence-electron chi connectivity index (χ0n) is 9.55. The molecule has 0 aliphatic heterocycles. The summed E-state index contributed by atoms with van der Waals surface area (Å²) in [7, 11) is 1.98. The summed E-state index contributed by atoms with van der Waals surface area (Å²) < 4.78 is 7.40. The summed E-state index contributed by atoms with van der Waals surface area (Å²) in [6.45, 7) is 0.530. The number of aryl methyl sites for hydroxylation is 1. The summed E-state index contributed by atoms with van der Waals surface area (Å²) in [6.07, 6.45) is 1.65. The highest BCUT2D eigenvalue weighted by Gasteiger charge is 2.11. The summed E-state index contributed by atoms with van der Waals surface area (Å²) in [5.41, 5.74) is 8.74. The molecule has 3 rings (SSSR count). The Morgan fingerprint density at radius 2 is 2.24 bits per heavy atom. The van der Waals surface area contributed by atoms with Gasteiger partial charge in [-0.3, -0.25) is 0 Å². The molecule has 0 bridgehead atoms. The number of benzene rings is 1. The van der Waals surface area contributed by atoms with Gasteiger partial charge >= 0.3 is 0 Å². The number of hydrogen-bond donors (Lipinski definition) is 1. The lowest BCUT2D eigenvalue weighted by Crippen LogP contribution is -1.95. The van der Waals surface area contributed by atoms with Gasteiger partial charge in [0.2, 0.25) is 0 Å². The van der Waals surface area contributed by atoms with Crippen LogP contribution in [0.1, 0.15) is 5.56 Å². The maximum absolute atomic E-state index is 5.63. The smallest absolute Gasteiger partial charge is 0.176 e. The third kappa shape index (κ3) is 1.54. The molecule has 86 valence electrons. The first-order valence-electron chi connectivity index (χ1n) is 5.49. The van der Waals surface area contributed by atoms with E-state index >= 15 is 0 Å². The minimum atomic E-state index is 0.530. The van der Waals surface area contributed by atoms with Gasteiger partial charge in [-0.15, -0.1) is 0 Å². The molecule has 2 N–H and O–H groups in total. The molecule has 0 fully saturated rings. The van der Waals surface area contributed by atoms with Crippen LogP contribution in [0.25, 0.3) is 22.6 Å². The van der Waals surface area contributed by atoms with Gasteiger partial charge in [0.15, 0.2) is 11.6 Å². The van der Waals surface area contributed by atoms with Gasteiger partial charge in [0.1, 0.15) is 0 Å². The van der Waals surface area contributed by atoms with Crippen LogP contribution in [0.2, 0.25) is 0 Å². The van der Waals surface area contributed by atoms with Crippen LogP contribution in [0.15, 0.2) is 41.0 Å². The first-order chi connectivity index (χ1) is 8.29. The molecule has 0 amide bonds. The highest BCUT2D eigenvalue weighted by molar-refractivity contribution is 5.80. The molecule has 4 nitrogen and oxygen atoms in total. The van der Waals surface area contributed by atoms with E-state index in [2.05, 4.69) is 4.98 Å². The first-order valence-corrected chi connectivity index (χ1v) is 5.49. The second-order valence-corrected chi connectivity index (χ2v) is 4.00. The minimum Gasteiger partial charge on any atom is -0.461 e. The van der Waals surface area contributed by atoms with Gasteiger partial charge in [0.25, 0.3) is 0 Å². The van der Waals surface area contributed by atoms with E-state index in [4.69, 9.17) is 10.2 Å². The normalized spacial score (nSPS) is 11.2. The van der Waals surface area contributed by atoms with Crippen molar-refractivity contribution in [3.8, 4) is 11.6 Å². The number of nitrogens with two attached hydrogens (primary N) is 1. The SMILES string of the molecule is Cn1c(-c2ccco2)nc2cc(CN)ccc21. The van der Waals surface area contributed by atoms with Crippen molar-refractivity contribution in [2.75, 3.05) is 0 Å². The van der Waals surface area contributed by atoms with Crippen molar-refractivity contribution in [2.45, 2.75) is 6.54 Å². The summed E-state index contributed by atoms with van der Waals surface area (Å²) in [5, 5.41) is 0. The molecule has 0 aliphatic carbocycles. The monoisotopic (exact) mass is 227 g/mol. The van der Waals surface area contributed by atoms with Gasteiger partial charge in [0, 0.05) is 13.6 Å². The lowest BCUT2D eigenvalue weighted by atomic mass is 10.2. The molecule has 2 aromatic heterocycles. The molecule has 0 unspecified atom stereocenters. The first kappa shape index (κ1) is 10.1. The maximum atomic E-state index is 5.63. The van der Waals surface area contributed by atoms with Crippen LogP contribution in [-0.4, -0.2) is 9.55 Å². The number of aromatic nitrogens is 2. The van der Waals surface area contributed by atoms with E-state index in [0.717, 1.165) is 28.2 Å². The van der Waals surface area contributed by atoms with E-state index < -0.39 is 0 Å². The van der Waals surface area contributed by atoms with Gasteiger partial charge in [0.05, 0.1) is 17.3 Å². The van der Waals surface area contributed by atoms with Crippen LogP contribution in [0.3, 0.4) is 0 Å². The molecule has 1 aromatic carbocycles. The van der Waals surface area contributed by atoms with E-state index in [1.807, 2.05) is 41.9 Å². The quantitative estimate of drug-likeness (QED) is 0.730. The van der Waals surface area contributed by atoms with Crippen LogP contribution >= 0.6 is 0 Å². The van der Waals surface area contributed by atoms with E-state index in [1.165, 1.54) is 0 Å². The second-order valence-electron chi connectivity index (χ2n) is 4.00. The minimum absolute atomic E-state index is 0.530. The van der Waals surface area contributed by atoms with Crippen LogP contribution in [0.4, 0.5) is 0 Å². The number of furan rings is 1. The standard InChI is InChI=1S/C13H13N3O/c1-16-11-5-4-9(8-14)7-10(11)15-13(16)12-3-2-6-17-12/h2-7H,8,14H2,1H3. The fourth-order valence-corrected chi connectivity index (χ4v) is 2.00. The van der Waals surface area contributed by atoms with Gasteiger partial charge in [-0.1, -0.05) is 6.07 Å². The molecule has 0 atom stereocenters. The Hall–Kier alpha value is -2.07. The number of rotatable bonds is 2. The summed E-state index contributed by atoms with van der Waals surface area (Å²) in [6, 6.07) is 9.85. The molecule has 0 saturated carbocycles. The summed E-state index contributed by atoms with van der Waals surface area (Å²) in [4.78, 5) is 4.58. The Morgan fingerprint density at radius 1 is 1.35 bits per heavy atom. The van der Waals surface area contributed by atoms with E-state index in [0.29, 0.717) is 6.54 Å². The van der Waals surface area contributed by atoms with Crippen molar-refractivity contribution in [3.63, 3.8) is 0 Å².